The van der Waals surface area contributed by atoms with E-state index in [-0.39, 0.29) is 5.91 Å². The van der Waals surface area contributed by atoms with Crippen LogP contribution in [0.2, 0.25) is 0 Å². The molecule has 0 saturated carbocycles. The molecule has 1 aliphatic heterocycles. The van der Waals surface area contributed by atoms with Gasteiger partial charge in [0.05, 0.1) is 12.2 Å². The van der Waals surface area contributed by atoms with Crippen molar-refractivity contribution in [2.24, 2.45) is 0 Å². The van der Waals surface area contributed by atoms with Gasteiger partial charge in [-0.2, -0.15) is 0 Å². The summed E-state index contributed by atoms with van der Waals surface area (Å²) in [5.41, 5.74) is 2.10. The first kappa shape index (κ1) is 13.4. The van der Waals surface area contributed by atoms with E-state index in [2.05, 4.69) is 0 Å². The van der Waals surface area contributed by atoms with Gasteiger partial charge in [0.15, 0.2) is 5.76 Å². The van der Waals surface area contributed by atoms with E-state index in [4.69, 9.17) is 4.42 Å². The first-order valence-corrected chi connectivity index (χ1v) is 6.77. The number of benzene rings is 1. The Bertz CT molecular complexity index is 704. The summed E-state index contributed by atoms with van der Waals surface area (Å²) in [4.78, 5) is 25.6. The maximum absolute atomic E-state index is 12.6. The molecule has 1 atom stereocenters. The summed E-state index contributed by atoms with van der Waals surface area (Å²) in [7, 11) is 0. The van der Waals surface area contributed by atoms with Crippen LogP contribution in [0.5, 0.6) is 0 Å². The molecule has 5 nitrogen and oxygen atoms in total. The van der Waals surface area contributed by atoms with Gasteiger partial charge in [-0.1, -0.05) is 18.2 Å². The van der Waals surface area contributed by atoms with E-state index in [0.717, 1.165) is 5.56 Å². The zero-order valence-corrected chi connectivity index (χ0v) is 11.6. The van der Waals surface area contributed by atoms with Gasteiger partial charge in [0, 0.05) is 17.8 Å². The van der Waals surface area contributed by atoms with Gasteiger partial charge in [-0.25, -0.2) is 0 Å². The number of para-hydroxylation sites is 1. The van der Waals surface area contributed by atoms with E-state index in [1.54, 1.807) is 35.2 Å². The van der Waals surface area contributed by atoms with Gasteiger partial charge < -0.3 is 14.4 Å². The largest absolute Gasteiger partial charge is 0.481 e. The first-order chi connectivity index (χ1) is 10.1. The Morgan fingerprint density at radius 2 is 2.05 bits per heavy atom. The minimum atomic E-state index is -0.858. The van der Waals surface area contributed by atoms with E-state index in [1.807, 2.05) is 6.92 Å². The number of carbonyl (C=O) groups excluding carboxylic acids is 1. The van der Waals surface area contributed by atoms with Crippen LogP contribution in [-0.4, -0.2) is 23.5 Å². The maximum Gasteiger partial charge on any atom is 0.311 e. The van der Waals surface area contributed by atoms with Crippen LogP contribution in [0.4, 0.5) is 5.69 Å². The van der Waals surface area contributed by atoms with E-state index >= 15 is 0 Å². The second kappa shape index (κ2) is 5.09. The molecule has 0 radical (unpaired) electrons. The number of hydrogen-bond donors (Lipinski definition) is 1. The van der Waals surface area contributed by atoms with Crippen LogP contribution < -0.4 is 4.90 Å². The van der Waals surface area contributed by atoms with Crippen LogP contribution >= 0.6 is 0 Å². The van der Waals surface area contributed by atoms with Crippen LogP contribution in [0.15, 0.2) is 41.0 Å². The monoisotopic (exact) mass is 285 g/mol. The summed E-state index contributed by atoms with van der Waals surface area (Å²) in [5.74, 6) is -1.35. The summed E-state index contributed by atoms with van der Waals surface area (Å²) in [6.07, 6.45) is 1.89. The highest BCUT2D eigenvalue weighted by molar-refractivity contribution is 6.06. The second-order valence-electron chi connectivity index (χ2n) is 5.13. The molecule has 1 aromatic heterocycles. The molecule has 1 aliphatic rings. The fourth-order valence-corrected chi connectivity index (χ4v) is 2.74. The summed E-state index contributed by atoms with van der Waals surface area (Å²) in [6, 6.07) is 8.88. The summed E-state index contributed by atoms with van der Waals surface area (Å²) < 4.78 is 5.26. The summed E-state index contributed by atoms with van der Waals surface area (Å²) >= 11 is 0. The molecule has 0 spiro atoms. The molecule has 5 heteroatoms. The topological polar surface area (TPSA) is 70.8 Å². The van der Waals surface area contributed by atoms with E-state index < -0.39 is 11.9 Å². The number of fused-ring (bicyclic) bond motifs is 1. The zero-order valence-electron chi connectivity index (χ0n) is 11.6. The molecule has 1 unspecified atom stereocenters. The average Bonchev–Trinajstić information content (AvgIpc) is 2.91. The van der Waals surface area contributed by atoms with E-state index in [0.29, 0.717) is 30.0 Å². The quantitative estimate of drug-likeness (QED) is 0.921. The molecule has 0 aliphatic carbocycles. The zero-order chi connectivity index (χ0) is 15.0. The number of aryl methyl sites for hydroxylation is 1. The molecular formula is C16H15NO4. The Balaban J connectivity index is 2.02. The number of amides is 1. The van der Waals surface area contributed by atoms with Gasteiger partial charge in [0.2, 0.25) is 0 Å². The number of hydrogen-bond acceptors (Lipinski definition) is 3. The van der Waals surface area contributed by atoms with Crippen molar-refractivity contribution >= 4 is 17.6 Å². The van der Waals surface area contributed by atoms with Gasteiger partial charge in [-0.3, -0.25) is 9.59 Å². The Labute approximate surface area is 121 Å². The molecule has 3 rings (SSSR count). The van der Waals surface area contributed by atoms with Crippen molar-refractivity contribution in [3.05, 3.63) is 53.5 Å². The Kier molecular flexibility index (Phi) is 3.25. The van der Waals surface area contributed by atoms with Gasteiger partial charge in [0.1, 0.15) is 0 Å². The Morgan fingerprint density at radius 1 is 1.29 bits per heavy atom. The van der Waals surface area contributed by atoms with Gasteiger partial charge in [-0.15, -0.1) is 0 Å². The molecule has 1 aromatic carbocycles. The molecule has 1 amide bonds. The number of rotatable bonds is 2. The minimum Gasteiger partial charge on any atom is -0.481 e. The number of aliphatic carboxylic acids is 1. The van der Waals surface area contributed by atoms with Crippen LogP contribution in [0.1, 0.15) is 34.0 Å². The number of anilines is 1. The smallest absolute Gasteiger partial charge is 0.311 e. The van der Waals surface area contributed by atoms with E-state index in [9.17, 15) is 14.7 Å². The average molecular weight is 285 g/mol. The van der Waals surface area contributed by atoms with Gasteiger partial charge in [0.25, 0.3) is 5.91 Å². The first-order valence-electron chi connectivity index (χ1n) is 6.77. The number of nitrogens with zero attached hydrogens (tertiary/aromatic N) is 1. The van der Waals surface area contributed by atoms with Crippen molar-refractivity contribution in [2.45, 2.75) is 19.3 Å². The molecule has 0 bridgehead atoms. The van der Waals surface area contributed by atoms with Gasteiger partial charge in [-0.05, 0) is 31.0 Å². The molecule has 2 heterocycles. The fraction of sp³-hybridized carbons (Fsp3) is 0.250. The maximum atomic E-state index is 12.6. The lowest BCUT2D eigenvalue weighted by Gasteiger charge is -2.32. The summed E-state index contributed by atoms with van der Waals surface area (Å²) in [6.45, 7) is 2.18. The normalized spacial score (nSPS) is 17.4. The minimum absolute atomic E-state index is 0.228. The lowest BCUT2D eigenvalue weighted by atomic mass is 9.90. The SMILES string of the molecule is Cc1ccoc1C(=O)N1CCC(C(=O)O)c2ccccc21. The standard InChI is InChI=1S/C16H15NO4/c1-10-7-9-21-14(10)15(18)17-8-6-12(16(19)20)11-4-2-3-5-13(11)17/h2-5,7,9,12H,6,8H2,1H3,(H,19,20). The highest BCUT2D eigenvalue weighted by atomic mass is 16.4. The van der Waals surface area contributed by atoms with E-state index in [1.165, 1.54) is 6.26 Å². The van der Waals surface area contributed by atoms with Crippen LogP contribution in [0.3, 0.4) is 0 Å². The molecular weight excluding hydrogens is 270 g/mol. The highest BCUT2D eigenvalue weighted by Gasteiger charge is 2.33. The lowest BCUT2D eigenvalue weighted by Crippen LogP contribution is -2.38. The molecule has 1 N–H and O–H groups in total. The second-order valence-corrected chi connectivity index (χ2v) is 5.13. The third-order valence-corrected chi connectivity index (χ3v) is 3.84. The fourth-order valence-electron chi connectivity index (χ4n) is 2.74. The van der Waals surface area contributed by atoms with Crippen molar-refractivity contribution in [3.63, 3.8) is 0 Å². The van der Waals surface area contributed by atoms with Crippen LogP contribution in [0, 0.1) is 6.92 Å². The predicted octanol–water partition coefficient (Wildman–Crippen LogP) is 2.81. The molecule has 108 valence electrons. The third kappa shape index (κ3) is 2.20. The Hall–Kier alpha value is -2.56. The number of carboxylic acids is 1. The summed E-state index contributed by atoms with van der Waals surface area (Å²) in [5, 5.41) is 9.32. The molecule has 0 fully saturated rings. The number of carboxylic acid groups (broad SMARTS) is 1. The van der Waals surface area contributed by atoms with Gasteiger partial charge >= 0.3 is 5.97 Å². The van der Waals surface area contributed by atoms with Crippen molar-refractivity contribution < 1.29 is 19.1 Å². The Morgan fingerprint density at radius 3 is 2.71 bits per heavy atom. The molecule has 21 heavy (non-hydrogen) atoms. The van der Waals surface area contributed by atoms with Crippen molar-refractivity contribution in [1.29, 1.82) is 0 Å². The highest BCUT2D eigenvalue weighted by Crippen LogP contribution is 2.36. The van der Waals surface area contributed by atoms with Crippen molar-refractivity contribution in [2.75, 3.05) is 11.4 Å². The molecule has 0 saturated heterocycles. The molecule has 2 aromatic rings. The van der Waals surface area contributed by atoms with Crippen LogP contribution in [-0.2, 0) is 4.79 Å². The predicted molar refractivity (Wildman–Crippen MR) is 76.6 cm³/mol. The van der Waals surface area contributed by atoms with Crippen molar-refractivity contribution in [3.8, 4) is 0 Å². The van der Waals surface area contributed by atoms with Crippen LogP contribution in [0.25, 0.3) is 0 Å². The lowest BCUT2D eigenvalue weighted by molar-refractivity contribution is -0.139. The number of furan rings is 1. The number of carbonyl (C=O) groups is 2. The van der Waals surface area contributed by atoms with Crippen molar-refractivity contribution in [1.82, 2.24) is 0 Å². The third-order valence-electron chi connectivity index (χ3n) is 3.84.